The number of aromatic amines is 1. The Morgan fingerprint density at radius 1 is 1.10 bits per heavy atom. The van der Waals surface area contributed by atoms with Gasteiger partial charge in [0.15, 0.2) is 0 Å². The first-order valence-corrected chi connectivity index (χ1v) is 15.0. The summed E-state index contributed by atoms with van der Waals surface area (Å²) in [6.07, 6.45) is 1.35. The van der Waals surface area contributed by atoms with Gasteiger partial charge in [0.25, 0.3) is 11.8 Å². The molecule has 0 aliphatic carbocycles. The topological polar surface area (TPSA) is 109 Å². The lowest BCUT2D eigenvalue weighted by Crippen LogP contribution is -2.39. The van der Waals surface area contributed by atoms with Crippen molar-refractivity contribution in [3.8, 4) is 11.1 Å². The molecule has 9 heteroatoms. The van der Waals surface area contributed by atoms with Crippen LogP contribution in [0.15, 0.2) is 42.5 Å². The van der Waals surface area contributed by atoms with Crippen molar-refractivity contribution in [2.45, 2.75) is 59.7 Å². The number of halogens is 1. The number of aryl methyl sites for hydroxylation is 1. The Morgan fingerprint density at radius 2 is 1.79 bits per heavy atom. The van der Waals surface area contributed by atoms with Crippen LogP contribution in [0.1, 0.15) is 73.5 Å². The Hall–Kier alpha value is -3.43. The van der Waals surface area contributed by atoms with E-state index >= 15 is 0 Å². The van der Waals surface area contributed by atoms with Crippen LogP contribution in [0.25, 0.3) is 22.8 Å². The first kappa shape index (κ1) is 31.5. The number of amides is 2. The highest BCUT2D eigenvalue weighted by molar-refractivity contribution is 6.35. The fourth-order valence-electron chi connectivity index (χ4n) is 5.46. The van der Waals surface area contributed by atoms with Crippen molar-refractivity contribution >= 4 is 40.8 Å². The fraction of sp³-hybridized carbons (Fsp3) is 0.394. The minimum atomic E-state index is -0.507. The quantitative estimate of drug-likeness (QED) is 0.175. The molecule has 0 saturated carbocycles. The van der Waals surface area contributed by atoms with Gasteiger partial charge < -0.3 is 30.9 Å². The second kappa shape index (κ2) is 13.7. The third kappa shape index (κ3) is 7.13. The molecule has 0 spiro atoms. The van der Waals surface area contributed by atoms with Crippen LogP contribution in [0.3, 0.4) is 0 Å². The Balaban J connectivity index is 1.73. The van der Waals surface area contributed by atoms with Crippen molar-refractivity contribution in [1.82, 2.24) is 20.5 Å². The summed E-state index contributed by atoms with van der Waals surface area (Å²) in [4.78, 5) is 31.6. The maximum atomic E-state index is 13.2. The molecule has 0 radical (unpaired) electrons. The van der Waals surface area contributed by atoms with Gasteiger partial charge in [-0.3, -0.25) is 9.59 Å². The van der Waals surface area contributed by atoms with Crippen LogP contribution in [0.5, 0.6) is 0 Å². The van der Waals surface area contributed by atoms with Gasteiger partial charge in [-0.1, -0.05) is 37.6 Å². The number of rotatable bonds is 12. The van der Waals surface area contributed by atoms with Gasteiger partial charge in [0, 0.05) is 64.0 Å². The van der Waals surface area contributed by atoms with Gasteiger partial charge in [-0.05, 0) is 88.3 Å². The number of anilines is 1. The number of likely N-dealkylation sites (N-methyl/N-ethyl adjacent to an activating group) is 1. The lowest BCUT2D eigenvalue weighted by Gasteiger charge is -2.24. The van der Waals surface area contributed by atoms with Gasteiger partial charge in [0.1, 0.15) is 0 Å². The van der Waals surface area contributed by atoms with Crippen LogP contribution in [0, 0.1) is 6.92 Å². The third-order valence-electron chi connectivity index (χ3n) is 7.63. The Labute approximate surface area is 253 Å². The van der Waals surface area contributed by atoms with E-state index in [-0.39, 0.29) is 23.9 Å². The van der Waals surface area contributed by atoms with Crippen LogP contribution >= 0.6 is 11.6 Å². The summed E-state index contributed by atoms with van der Waals surface area (Å²) >= 11 is 6.23. The third-order valence-corrected chi connectivity index (χ3v) is 7.88. The van der Waals surface area contributed by atoms with E-state index < -0.39 is 6.10 Å². The van der Waals surface area contributed by atoms with Crippen LogP contribution < -0.4 is 16.0 Å². The monoisotopic (exact) mass is 591 g/mol. The number of hydrogen-bond acceptors (Lipinski definition) is 5. The number of carbonyl (C=O) groups is 2. The zero-order valence-corrected chi connectivity index (χ0v) is 26.0. The van der Waals surface area contributed by atoms with Gasteiger partial charge in [-0.2, -0.15) is 0 Å². The molecule has 224 valence electrons. The van der Waals surface area contributed by atoms with E-state index in [1.165, 1.54) is 0 Å². The van der Waals surface area contributed by atoms with Crippen LogP contribution in [-0.2, 0) is 4.79 Å². The fourth-order valence-corrected chi connectivity index (χ4v) is 5.59. The van der Waals surface area contributed by atoms with Gasteiger partial charge in [0.2, 0.25) is 0 Å². The van der Waals surface area contributed by atoms with Crippen molar-refractivity contribution in [2.24, 2.45) is 0 Å². The standard InChI is InChI=1S/C33H42ClN5O3/c1-7-39(8-2)18-25(40)17-35-20(5)30-21(6)37-29(31(30)22-9-12-24(34)13-10-22)16-27-26-15-23(32(41)36-19(3)4)11-14-28(26)38-33(27)42/h9-16,19-20,25,35,37,40H,7-8,17-18H2,1-6H3,(H,36,41)(H,38,42)/b27-16-. The number of hydrogen-bond donors (Lipinski definition) is 5. The number of nitrogens with zero attached hydrogens (tertiary/aromatic N) is 1. The van der Waals surface area contributed by atoms with Crippen molar-refractivity contribution in [3.63, 3.8) is 0 Å². The van der Waals surface area contributed by atoms with Crippen molar-refractivity contribution in [2.75, 3.05) is 31.5 Å². The van der Waals surface area contributed by atoms with Crippen molar-refractivity contribution in [3.05, 3.63) is 75.6 Å². The zero-order valence-electron chi connectivity index (χ0n) is 25.3. The van der Waals surface area contributed by atoms with Crippen molar-refractivity contribution in [1.29, 1.82) is 0 Å². The second-order valence-electron chi connectivity index (χ2n) is 11.1. The maximum Gasteiger partial charge on any atom is 0.256 e. The minimum absolute atomic E-state index is 0.00305. The van der Waals surface area contributed by atoms with E-state index in [9.17, 15) is 14.7 Å². The number of aromatic nitrogens is 1. The Kier molecular flexibility index (Phi) is 10.3. The van der Waals surface area contributed by atoms with Gasteiger partial charge in [-0.25, -0.2) is 0 Å². The molecule has 2 unspecified atom stereocenters. The molecule has 3 aromatic rings. The summed E-state index contributed by atoms with van der Waals surface area (Å²) in [5.74, 6) is -0.414. The van der Waals surface area contributed by atoms with E-state index in [1.54, 1.807) is 18.2 Å². The lowest BCUT2D eigenvalue weighted by molar-refractivity contribution is -0.110. The number of fused-ring (bicyclic) bond motifs is 1. The normalized spacial score (nSPS) is 15.3. The Morgan fingerprint density at radius 3 is 2.43 bits per heavy atom. The van der Waals surface area contributed by atoms with Crippen molar-refractivity contribution < 1.29 is 14.7 Å². The smallest absolute Gasteiger partial charge is 0.256 e. The number of H-pyrrole nitrogens is 1. The lowest BCUT2D eigenvalue weighted by atomic mass is 9.94. The van der Waals surface area contributed by atoms with Gasteiger partial charge >= 0.3 is 0 Å². The largest absolute Gasteiger partial charge is 0.390 e. The summed E-state index contributed by atoms with van der Waals surface area (Å²) in [6.45, 7) is 14.9. The van der Waals surface area contributed by atoms with E-state index in [4.69, 9.17) is 11.6 Å². The number of aliphatic hydroxyl groups excluding tert-OH is 1. The molecular formula is C33H42ClN5O3. The van der Waals surface area contributed by atoms with Crippen LogP contribution in [-0.4, -0.2) is 65.1 Å². The summed E-state index contributed by atoms with van der Waals surface area (Å²) in [5.41, 5.74) is 6.99. The van der Waals surface area contributed by atoms with E-state index in [2.05, 4.69) is 46.6 Å². The average Bonchev–Trinajstić information content (AvgIpc) is 3.45. The molecule has 1 aliphatic rings. The molecule has 0 bridgehead atoms. The first-order valence-electron chi connectivity index (χ1n) is 14.6. The highest BCUT2D eigenvalue weighted by atomic mass is 35.5. The van der Waals surface area contributed by atoms with E-state index in [1.807, 2.05) is 51.1 Å². The highest BCUT2D eigenvalue weighted by Crippen LogP contribution is 2.39. The predicted molar refractivity (Wildman–Crippen MR) is 172 cm³/mol. The molecule has 0 fully saturated rings. The van der Waals surface area contributed by atoms with E-state index in [0.717, 1.165) is 41.2 Å². The molecule has 4 rings (SSSR count). The number of nitrogens with one attached hydrogen (secondary N) is 4. The summed E-state index contributed by atoms with van der Waals surface area (Å²) < 4.78 is 0. The highest BCUT2D eigenvalue weighted by Gasteiger charge is 2.28. The number of carbonyl (C=O) groups excluding carboxylic acids is 2. The molecule has 2 aromatic carbocycles. The summed E-state index contributed by atoms with van der Waals surface area (Å²) in [5, 5.41) is 20.7. The second-order valence-corrected chi connectivity index (χ2v) is 11.6. The molecule has 8 nitrogen and oxygen atoms in total. The average molecular weight is 592 g/mol. The Bertz CT molecular complexity index is 1460. The molecule has 5 N–H and O–H groups in total. The zero-order chi connectivity index (χ0) is 30.6. The molecule has 2 heterocycles. The number of benzene rings is 2. The van der Waals surface area contributed by atoms with Crippen LogP contribution in [0.2, 0.25) is 5.02 Å². The van der Waals surface area contributed by atoms with Crippen LogP contribution in [0.4, 0.5) is 5.69 Å². The van der Waals surface area contributed by atoms with E-state index in [0.29, 0.717) is 40.5 Å². The maximum absolute atomic E-state index is 13.2. The predicted octanol–water partition coefficient (Wildman–Crippen LogP) is 5.63. The minimum Gasteiger partial charge on any atom is -0.390 e. The van der Waals surface area contributed by atoms with Gasteiger partial charge in [-0.15, -0.1) is 0 Å². The molecular weight excluding hydrogens is 550 g/mol. The molecule has 2 amide bonds. The summed E-state index contributed by atoms with van der Waals surface area (Å²) in [7, 11) is 0. The summed E-state index contributed by atoms with van der Waals surface area (Å²) in [6, 6.07) is 12.8. The molecule has 42 heavy (non-hydrogen) atoms. The molecule has 1 aromatic heterocycles. The first-order chi connectivity index (χ1) is 20.0. The molecule has 1 aliphatic heterocycles. The SMILES string of the molecule is CCN(CC)CC(O)CNC(C)c1c(C)[nH]c(/C=C2\C(=O)Nc3ccc(C(=O)NC(C)C)cc32)c1-c1ccc(Cl)cc1. The van der Waals surface area contributed by atoms with Gasteiger partial charge in [0.05, 0.1) is 11.7 Å². The molecule has 0 saturated heterocycles. The number of aliphatic hydroxyl groups is 1. The molecule has 2 atom stereocenters.